The molecule has 3 aromatic rings. The molecule has 1 aromatic heterocycles. The molecule has 0 fully saturated rings. The minimum absolute atomic E-state index is 0.00618. The van der Waals surface area contributed by atoms with Crippen LogP contribution in [0.1, 0.15) is 38.7 Å². The lowest BCUT2D eigenvalue weighted by Gasteiger charge is -2.10. The molecule has 0 radical (unpaired) electrons. The molecule has 1 heterocycles. The molecule has 8 nitrogen and oxygen atoms in total. The van der Waals surface area contributed by atoms with Crippen LogP contribution in [0, 0.1) is 5.92 Å². The molecule has 0 aliphatic rings. The zero-order chi connectivity index (χ0) is 22.1. The predicted molar refractivity (Wildman–Crippen MR) is 119 cm³/mol. The molecular formula is C23H28N6O2. The fourth-order valence-electron chi connectivity index (χ4n) is 3.05. The lowest BCUT2D eigenvalue weighted by molar-refractivity contribution is -0.121. The molecule has 0 aliphatic heterocycles. The van der Waals surface area contributed by atoms with Gasteiger partial charge in [0.2, 0.25) is 17.6 Å². The molecule has 3 rings (SSSR count). The van der Waals surface area contributed by atoms with Crippen LogP contribution in [-0.4, -0.2) is 32.0 Å². The van der Waals surface area contributed by atoms with E-state index >= 15 is 0 Å². The average Bonchev–Trinajstić information content (AvgIpc) is 3.21. The molecular weight excluding hydrogens is 392 g/mol. The molecule has 31 heavy (non-hydrogen) atoms. The van der Waals surface area contributed by atoms with Crippen molar-refractivity contribution in [2.24, 2.45) is 5.92 Å². The number of hydrogen-bond acceptors (Lipinski definition) is 5. The number of anilines is 1. The third-order valence-electron chi connectivity index (χ3n) is 4.54. The quantitative estimate of drug-likeness (QED) is 0.523. The van der Waals surface area contributed by atoms with Crippen molar-refractivity contribution in [3.63, 3.8) is 0 Å². The van der Waals surface area contributed by atoms with Gasteiger partial charge in [0, 0.05) is 30.6 Å². The molecule has 0 atom stereocenters. The molecule has 2 N–H and O–H groups in total. The first-order chi connectivity index (χ1) is 15.0. The first-order valence-corrected chi connectivity index (χ1v) is 10.5. The van der Waals surface area contributed by atoms with Gasteiger partial charge in [-0.2, -0.15) is 4.80 Å². The third-order valence-corrected chi connectivity index (χ3v) is 4.54. The van der Waals surface area contributed by atoms with Crippen LogP contribution in [0.2, 0.25) is 0 Å². The number of benzene rings is 2. The van der Waals surface area contributed by atoms with Gasteiger partial charge in [0.1, 0.15) is 0 Å². The minimum atomic E-state index is -0.0438. The van der Waals surface area contributed by atoms with Crippen molar-refractivity contribution in [2.75, 3.05) is 5.32 Å². The zero-order valence-electron chi connectivity index (χ0n) is 17.9. The number of carbonyl (C=O) groups excluding carboxylic acids is 2. The van der Waals surface area contributed by atoms with Crippen molar-refractivity contribution in [2.45, 2.75) is 46.2 Å². The molecule has 8 heteroatoms. The van der Waals surface area contributed by atoms with Gasteiger partial charge in [-0.25, -0.2) is 0 Å². The first kappa shape index (κ1) is 22.1. The molecule has 0 saturated heterocycles. The monoisotopic (exact) mass is 420 g/mol. The van der Waals surface area contributed by atoms with E-state index in [1.165, 1.54) is 4.80 Å². The molecule has 0 bridgehead atoms. The van der Waals surface area contributed by atoms with Gasteiger partial charge in [-0.05, 0) is 35.2 Å². The van der Waals surface area contributed by atoms with Crippen LogP contribution in [0.5, 0.6) is 0 Å². The normalized spacial score (nSPS) is 10.8. The van der Waals surface area contributed by atoms with Gasteiger partial charge >= 0.3 is 0 Å². The SMILES string of the molecule is CC(C)CC(=O)Nc1cccc(CNC(=O)CCCn2nnc(-c3ccccc3)n2)c1. The molecule has 0 unspecified atom stereocenters. The topological polar surface area (TPSA) is 102 Å². The maximum Gasteiger partial charge on any atom is 0.224 e. The highest BCUT2D eigenvalue weighted by Gasteiger charge is 2.08. The maximum absolute atomic E-state index is 12.2. The Balaban J connectivity index is 1.40. The van der Waals surface area contributed by atoms with E-state index in [1.807, 2.05) is 68.4 Å². The minimum Gasteiger partial charge on any atom is -0.352 e. The molecule has 0 spiro atoms. The Kier molecular flexibility index (Phi) is 7.86. The predicted octanol–water partition coefficient (Wildman–Crippen LogP) is 3.42. The smallest absolute Gasteiger partial charge is 0.224 e. The van der Waals surface area contributed by atoms with E-state index in [1.54, 1.807) is 0 Å². The summed E-state index contributed by atoms with van der Waals surface area (Å²) in [6.07, 6.45) is 1.46. The van der Waals surface area contributed by atoms with E-state index in [2.05, 4.69) is 26.0 Å². The van der Waals surface area contributed by atoms with Gasteiger partial charge in [0.15, 0.2) is 0 Å². The summed E-state index contributed by atoms with van der Waals surface area (Å²) in [6.45, 7) is 4.94. The number of nitrogens with zero attached hydrogens (tertiary/aromatic N) is 4. The van der Waals surface area contributed by atoms with Gasteiger partial charge in [-0.3, -0.25) is 9.59 Å². The van der Waals surface area contributed by atoms with Crippen LogP contribution < -0.4 is 10.6 Å². The fraction of sp³-hybridized carbons (Fsp3) is 0.348. The molecule has 0 saturated carbocycles. The van der Waals surface area contributed by atoms with Crippen molar-refractivity contribution in [3.8, 4) is 11.4 Å². The van der Waals surface area contributed by atoms with Gasteiger partial charge in [-0.1, -0.05) is 56.3 Å². The standard InChI is InChI=1S/C23H28N6O2/c1-17(2)14-22(31)25-20-11-6-8-18(15-20)16-24-21(30)12-7-13-29-27-23(26-28-29)19-9-4-3-5-10-19/h3-6,8-11,15,17H,7,12-14,16H2,1-2H3,(H,24,30)(H,25,31). The molecule has 162 valence electrons. The van der Waals surface area contributed by atoms with Crippen molar-refractivity contribution in [3.05, 3.63) is 60.2 Å². The largest absolute Gasteiger partial charge is 0.352 e. The number of rotatable bonds is 10. The van der Waals surface area contributed by atoms with Crippen LogP contribution in [0.3, 0.4) is 0 Å². The maximum atomic E-state index is 12.2. The van der Waals surface area contributed by atoms with Crippen molar-refractivity contribution in [1.82, 2.24) is 25.5 Å². The summed E-state index contributed by atoms with van der Waals surface area (Å²) < 4.78 is 0. The summed E-state index contributed by atoms with van der Waals surface area (Å²) in [6, 6.07) is 17.2. The molecule has 0 aliphatic carbocycles. The Morgan fingerprint density at radius 3 is 2.61 bits per heavy atom. The number of carbonyl (C=O) groups is 2. The summed E-state index contributed by atoms with van der Waals surface area (Å²) in [5.41, 5.74) is 2.58. The summed E-state index contributed by atoms with van der Waals surface area (Å²) in [4.78, 5) is 25.6. The Labute approximate surface area is 182 Å². The number of nitrogens with one attached hydrogen (secondary N) is 2. The lowest BCUT2D eigenvalue weighted by Crippen LogP contribution is -2.23. The average molecular weight is 421 g/mol. The van der Waals surface area contributed by atoms with Crippen molar-refractivity contribution in [1.29, 1.82) is 0 Å². The van der Waals surface area contributed by atoms with Crippen molar-refractivity contribution >= 4 is 17.5 Å². The summed E-state index contributed by atoms with van der Waals surface area (Å²) in [5, 5.41) is 18.3. The number of amides is 2. The second-order valence-electron chi connectivity index (χ2n) is 7.80. The summed E-state index contributed by atoms with van der Waals surface area (Å²) in [5.74, 6) is 0.830. The van der Waals surface area contributed by atoms with Crippen LogP contribution in [-0.2, 0) is 22.7 Å². The van der Waals surface area contributed by atoms with E-state index in [0.29, 0.717) is 44.1 Å². The van der Waals surface area contributed by atoms with Gasteiger partial charge in [0.25, 0.3) is 0 Å². The number of aromatic nitrogens is 4. The van der Waals surface area contributed by atoms with E-state index in [-0.39, 0.29) is 11.8 Å². The second-order valence-corrected chi connectivity index (χ2v) is 7.80. The Morgan fingerprint density at radius 1 is 1.03 bits per heavy atom. The number of hydrogen-bond donors (Lipinski definition) is 2. The summed E-state index contributed by atoms with van der Waals surface area (Å²) in [7, 11) is 0. The van der Waals surface area contributed by atoms with Crippen LogP contribution in [0.25, 0.3) is 11.4 Å². The van der Waals surface area contributed by atoms with E-state index in [9.17, 15) is 9.59 Å². The highest BCUT2D eigenvalue weighted by Crippen LogP contribution is 2.13. The molecule has 2 amide bonds. The van der Waals surface area contributed by atoms with Gasteiger partial charge < -0.3 is 10.6 Å². The molecule has 2 aromatic carbocycles. The van der Waals surface area contributed by atoms with E-state index in [4.69, 9.17) is 0 Å². The number of aryl methyl sites for hydroxylation is 1. The Hall–Kier alpha value is -3.55. The Morgan fingerprint density at radius 2 is 1.84 bits per heavy atom. The van der Waals surface area contributed by atoms with Crippen LogP contribution in [0.15, 0.2) is 54.6 Å². The third kappa shape index (κ3) is 7.33. The first-order valence-electron chi connectivity index (χ1n) is 10.5. The van der Waals surface area contributed by atoms with E-state index < -0.39 is 0 Å². The van der Waals surface area contributed by atoms with Gasteiger partial charge in [-0.15, -0.1) is 10.2 Å². The lowest BCUT2D eigenvalue weighted by atomic mass is 10.1. The van der Waals surface area contributed by atoms with E-state index in [0.717, 1.165) is 16.8 Å². The van der Waals surface area contributed by atoms with Crippen LogP contribution in [0.4, 0.5) is 5.69 Å². The second kappa shape index (κ2) is 11.0. The fourth-order valence-corrected chi connectivity index (χ4v) is 3.05. The van der Waals surface area contributed by atoms with Gasteiger partial charge in [0.05, 0.1) is 6.54 Å². The highest BCUT2D eigenvalue weighted by atomic mass is 16.2. The summed E-state index contributed by atoms with van der Waals surface area (Å²) >= 11 is 0. The number of tetrazole rings is 1. The van der Waals surface area contributed by atoms with Crippen LogP contribution >= 0.6 is 0 Å². The Bertz CT molecular complexity index is 1000. The highest BCUT2D eigenvalue weighted by molar-refractivity contribution is 5.90. The zero-order valence-corrected chi connectivity index (χ0v) is 17.9. The van der Waals surface area contributed by atoms with Crippen molar-refractivity contribution < 1.29 is 9.59 Å².